The first kappa shape index (κ1) is 21.8. The van der Waals surface area contributed by atoms with Crippen LogP contribution in [0.3, 0.4) is 0 Å². The minimum absolute atomic E-state index is 0.133. The van der Waals surface area contributed by atoms with Crippen molar-refractivity contribution in [1.82, 2.24) is 9.62 Å². The molecule has 1 saturated heterocycles. The third-order valence-electron chi connectivity index (χ3n) is 4.10. The molecule has 1 heterocycles. The lowest BCUT2D eigenvalue weighted by Gasteiger charge is -2.26. The van der Waals surface area contributed by atoms with E-state index in [-0.39, 0.29) is 10.8 Å². The number of carbonyl (C=O) groups is 1. The van der Waals surface area contributed by atoms with Crippen molar-refractivity contribution in [2.75, 3.05) is 52.7 Å². The van der Waals surface area contributed by atoms with Crippen molar-refractivity contribution in [1.29, 1.82) is 0 Å². The minimum atomic E-state index is -3.78. The third-order valence-corrected chi connectivity index (χ3v) is 5.66. The highest BCUT2D eigenvalue weighted by molar-refractivity contribution is 7.89. The molecule has 2 rings (SSSR count). The SMILES string of the molecule is Cc1ccc(S(=O)(=O)N[C@H](C)C(=O)N2CCOCCOCCOCC2)cc1. The van der Waals surface area contributed by atoms with Gasteiger partial charge in [0.15, 0.2) is 0 Å². The standard InChI is InChI=1S/C18H28N2O6S/c1-15-3-5-17(6-4-15)27(22,23)19-16(2)18(21)20-7-9-24-11-13-26-14-12-25-10-8-20/h3-6,16,19H,7-14H2,1-2H3/t16-/m1/s1. The van der Waals surface area contributed by atoms with Crippen molar-refractivity contribution in [2.45, 2.75) is 24.8 Å². The zero-order valence-corrected chi connectivity index (χ0v) is 16.7. The number of nitrogens with one attached hydrogen (secondary N) is 1. The maximum Gasteiger partial charge on any atom is 0.241 e. The lowest BCUT2D eigenvalue weighted by molar-refractivity contribution is -0.134. The van der Waals surface area contributed by atoms with Gasteiger partial charge in [-0.15, -0.1) is 0 Å². The molecule has 0 radical (unpaired) electrons. The molecular formula is C18H28N2O6S. The maximum absolute atomic E-state index is 12.7. The fourth-order valence-electron chi connectivity index (χ4n) is 2.57. The Labute approximate surface area is 160 Å². The van der Waals surface area contributed by atoms with E-state index in [2.05, 4.69) is 4.72 Å². The van der Waals surface area contributed by atoms with Crippen LogP contribution in [0.5, 0.6) is 0 Å². The van der Waals surface area contributed by atoms with Gasteiger partial charge in [0.05, 0.1) is 50.6 Å². The Kier molecular flexibility index (Phi) is 8.65. The molecule has 0 saturated carbocycles. The topological polar surface area (TPSA) is 94.2 Å². The van der Waals surface area contributed by atoms with Crippen molar-refractivity contribution in [2.24, 2.45) is 0 Å². The summed E-state index contributed by atoms with van der Waals surface area (Å²) in [6.45, 7) is 6.68. The molecule has 152 valence electrons. The number of ether oxygens (including phenoxy) is 3. The maximum atomic E-state index is 12.7. The number of sulfonamides is 1. The number of rotatable bonds is 4. The van der Waals surface area contributed by atoms with Crippen LogP contribution in [0.1, 0.15) is 12.5 Å². The Morgan fingerprint density at radius 1 is 0.963 bits per heavy atom. The number of aryl methyl sites for hydroxylation is 1. The van der Waals surface area contributed by atoms with Crippen molar-refractivity contribution in [3.8, 4) is 0 Å². The van der Waals surface area contributed by atoms with Gasteiger partial charge in [-0.1, -0.05) is 17.7 Å². The molecule has 1 aliphatic rings. The largest absolute Gasteiger partial charge is 0.377 e. The van der Waals surface area contributed by atoms with Gasteiger partial charge >= 0.3 is 0 Å². The lowest BCUT2D eigenvalue weighted by atomic mass is 10.2. The average Bonchev–Trinajstić information content (AvgIpc) is 2.61. The zero-order chi connectivity index (χ0) is 19.7. The second-order valence-electron chi connectivity index (χ2n) is 6.32. The normalized spacial score (nSPS) is 19.0. The Hall–Kier alpha value is -1.52. The summed E-state index contributed by atoms with van der Waals surface area (Å²) in [6, 6.07) is 5.59. The first-order chi connectivity index (χ1) is 12.9. The molecule has 1 fully saturated rings. The fraction of sp³-hybridized carbons (Fsp3) is 0.611. The highest BCUT2D eigenvalue weighted by Crippen LogP contribution is 2.11. The summed E-state index contributed by atoms with van der Waals surface area (Å²) in [5.41, 5.74) is 0.961. The highest BCUT2D eigenvalue weighted by Gasteiger charge is 2.25. The molecule has 1 aromatic rings. The van der Waals surface area contributed by atoms with E-state index < -0.39 is 16.1 Å². The number of benzene rings is 1. The first-order valence-electron chi connectivity index (χ1n) is 9.01. The van der Waals surface area contributed by atoms with E-state index in [0.717, 1.165) is 5.56 Å². The van der Waals surface area contributed by atoms with Gasteiger partial charge in [0, 0.05) is 13.1 Å². The summed E-state index contributed by atoms with van der Waals surface area (Å²) in [5.74, 6) is -0.314. The number of nitrogens with zero attached hydrogens (tertiary/aromatic N) is 1. The van der Waals surface area contributed by atoms with Crippen LogP contribution in [0.15, 0.2) is 29.2 Å². The summed E-state index contributed by atoms with van der Waals surface area (Å²) >= 11 is 0. The van der Waals surface area contributed by atoms with Crippen molar-refractivity contribution < 1.29 is 27.4 Å². The van der Waals surface area contributed by atoms with E-state index in [9.17, 15) is 13.2 Å². The molecule has 1 aliphatic heterocycles. The number of hydrogen-bond donors (Lipinski definition) is 1. The van der Waals surface area contributed by atoms with Gasteiger partial charge in [0.1, 0.15) is 0 Å². The Balaban J connectivity index is 1.98. The minimum Gasteiger partial charge on any atom is -0.377 e. The van der Waals surface area contributed by atoms with Gasteiger partial charge in [-0.2, -0.15) is 4.72 Å². The molecule has 0 bridgehead atoms. The fourth-order valence-corrected chi connectivity index (χ4v) is 3.76. The van der Waals surface area contributed by atoms with Crippen LogP contribution in [-0.2, 0) is 29.0 Å². The Bertz CT molecular complexity index is 680. The van der Waals surface area contributed by atoms with Crippen LogP contribution in [0, 0.1) is 6.92 Å². The summed E-state index contributed by atoms with van der Waals surface area (Å²) < 4.78 is 43.7. The smallest absolute Gasteiger partial charge is 0.241 e. The van der Waals surface area contributed by atoms with E-state index in [1.54, 1.807) is 24.0 Å². The lowest BCUT2D eigenvalue weighted by Crippen LogP contribution is -2.48. The number of amides is 1. The second-order valence-corrected chi connectivity index (χ2v) is 8.03. The van der Waals surface area contributed by atoms with Gasteiger partial charge in [0.2, 0.25) is 15.9 Å². The van der Waals surface area contributed by atoms with E-state index in [1.807, 2.05) is 6.92 Å². The van der Waals surface area contributed by atoms with E-state index >= 15 is 0 Å². The monoisotopic (exact) mass is 400 g/mol. The summed E-state index contributed by atoms with van der Waals surface area (Å²) in [5, 5.41) is 0. The van der Waals surface area contributed by atoms with Crippen LogP contribution >= 0.6 is 0 Å². The average molecular weight is 400 g/mol. The Morgan fingerprint density at radius 2 is 1.44 bits per heavy atom. The molecule has 0 spiro atoms. The Morgan fingerprint density at radius 3 is 1.96 bits per heavy atom. The van der Waals surface area contributed by atoms with E-state index in [0.29, 0.717) is 52.7 Å². The van der Waals surface area contributed by atoms with Gasteiger partial charge in [-0.05, 0) is 26.0 Å². The van der Waals surface area contributed by atoms with E-state index in [1.165, 1.54) is 12.1 Å². The molecule has 0 unspecified atom stereocenters. The molecular weight excluding hydrogens is 372 g/mol. The molecule has 0 aliphatic carbocycles. The summed E-state index contributed by atoms with van der Waals surface area (Å²) in [6.07, 6.45) is 0. The molecule has 1 amide bonds. The third kappa shape index (κ3) is 7.19. The van der Waals surface area contributed by atoms with Crippen LogP contribution in [0.2, 0.25) is 0 Å². The molecule has 1 N–H and O–H groups in total. The van der Waals surface area contributed by atoms with Gasteiger partial charge in [0.25, 0.3) is 0 Å². The zero-order valence-electron chi connectivity index (χ0n) is 15.8. The van der Waals surface area contributed by atoms with Crippen molar-refractivity contribution in [3.05, 3.63) is 29.8 Å². The molecule has 1 atom stereocenters. The van der Waals surface area contributed by atoms with Gasteiger partial charge in [-0.3, -0.25) is 4.79 Å². The van der Waals surface area contributed by atoms with Crippen LogP contribution in [0.4, 0.5) is 0 Å². The van der Waals surface area contributed by atoms with Crippen molar-refractivity contribution in [3.63, 3.8) is 0 Å². The molecule has 8 nitrogen and oxygen atoms in total. The van der Waals surface area contributed by atoms with Crippen molar-refractivity contribution >= 4 is 15.9 Å². The molecule has 9 heteroatoms. The second kappa shape index (κ2) is 10.7. The molecule has 0 aromatic heterocycles. The number of hydrogen-bond acceptors (Lipinski definition) is 6. The van der Waals surface area contributed by atoms with Crippen LogP contribution in [0.25, 0.3) is 0 Å². The first-order valence-corrected chi connectivity index (χ1v) is 10.5. The van der Waals surface area contributed by atoms with E-state index in [4.69, 9.17) is 14.2 Å². The van der Waals surface area contributed by atoms with Gasteiger partial charge < -0.3 is 19.1 Å². The van der Waals surface area contributed by atoms with Crippen LogP contribution < -0.4 is 4.72 Å². The summed E-state index contributed by atoms with van der Waals surface area (Å²) in [7, 11) is -3.78. The predicted octanol–water partition coefficient (Wildman–Crippen LogP) is 0.554. The number of carbonyl (C=O) groups excluding carboxylic acids is 1. The molecule has 1 aromatic carbocycles. The van der Waals surface area contributed by atoms with Gasteiger partial charge in [-0.25, -0.2) is 8.42 Å². The quantitative estimate of drug-likeness (QED) is 0.793. The predicted molar refractivity (Wildman–Crippen MR) is 100.0 cm³/mol. The highest BCUT2D eigenvalue weighted by atomic mass is 32.2. The molecule has 27 heavy (non-hydrogen) atoms. The summed E-state index contributed by atoms with van der Waals surface area (Å²) in [4.78, 5) is 14.4. The van der Waals surface area contributed by atoms with Crippen LogP contribution in [-0.4, -0.2) is 78.0 Å².